The van der Waals surface area contributed by atoms with Crippen molar-refractivity contribution in [2.24, 2.45) is 0 Å². The topological polar surface area (TPSA) is 77.4 Å². The van der Waals surface area contributed by atoms with Gasteiger partial charge in [-0.3, -0.25) is 4.98 Å². The first-order chi connectivity index (χ1) is 16.6. The largest absolute Gasteiger partial charge is 0.497 e. The molecule has 0 fully saturated rings. The first-order valence-corrected chi connectivity index (χ1v) is 11.7. The molecule has 1 aliphatic rings. The van der Waals surface area contributed by atoms with Crippen LogP contribution in [0.5, 0.6) is 17.4 Å². The Labute approximate surface area is 200 Å². The molecule has 2 aromatic carbocycles. The maximum Gasteiger partial charge on any atom is 0.227 e. The van der Waals surface area contributed by atoms with Gasteiger partial charge in [-0.25, -0.2) is 9.37 Å². The van der Waals surface area contributed by atoms with E-state index >= 15 is 0 Å². The van der Waals surface area contributed by atoms with Crippen LogP contribution in [-0.4, -0.2) is 27.2 Å². The lowest BCUT2D eigenvalue weighted by Gasteiger charge is -2.24. The second kappa shape index (κ2) is 9.40. The third-order valence-electron chi connectivity index (χ3n) is 5.65. The van der Waals surface area contributed by atoms with Crippen LogP contribution in [0.4, 0.5) is 4.39 Å². The zero-order valence-electron chi connectivity index (χ0n) is 18.7. The number of aromatic nitrogens is 3. The summed E-state index contributed by atoms with van der Waals surface area (Å²) < 4.78 is 25.5. The van der Waals surface area contributed by atoms with Crippen LogP contribution < -0.4 is 9.47 Å². The molecule has 6 nitrogen and oxygen atoms in total. The van der Waals surface area contributed by atoms with E-state index in [4.69, 9.17) is 14.5 Å². The summed E-state index contributed by atoms with van der Waals surface area (Å²) in [6.07, 6.45) is 2.18. The van der Waals surface area contributed by atoms with Crippen LogP contribution in [-0.2, 0) is 18.8 Å². The summed E-state index contributed by atoms with van der Waals surface area (Å²) >= 11 is 1.55. The third-order valence-corrected chi connectivity index (χ3v) is 6.74. The molecule has 3 heterocycles. The van der Waals surface area contributed by atoms with E-state index < -0.39 is 0 Å². The molecule has 0 atom stereocenters. The number of hydrogen-bond donors (Lipinski definition) is 1. The normalized spacial score (nSPS) is 12.0. The average Bonchev–Trinajstić information content (AvgIpc) is 2.86. The molecule has 0 unspecified atom stereocenters. The number of aliphatic hydroxyl groups excluding tert-OH is 1. The zero-order chi connectivity index (χ0) is 23.7. The highest BCUT2D eigenvalue weighted by Crippen LogP contribution is 2.43. The van der Waals surface area contributed by atoms with Crippen molar-refractivity contribution in [3.63, 3.8) is 0 Å². The average molecular weight is 476 g/mol. The fourth-order valence-electron chi connectivity index (χ4n) is 3.88. The van der Waals surface area contributed by atoms with Gasteiger partial charge < -0.3 is 14.6 Å². The van der Waals surface area contributed by atoms with E-state index in [0.717, 1.165) is 27.5 Å². The van der Waals surface area contributed by atoms with Crippen molar-refractivity contribution in [1.29, 1.82) is 0 Å². The van der Waals surface area contributed by atoms with Gasteiger partial charge in [0.1, 0.15) is 16.6 Å². The quantitative estimate of drug-likeness (QED) is 0.258. The molecule has 5 rings (SSSR count). The number of fused-ring (bicyclic) bond motifs is 2. The van der Waals surface area contributed by atoms with Gasteiger partial charge in [-0.1, -0.05) is 24.3 Å². The van der Waals surface area contributed by atoms with Crippen LogP contribution in [0.25, 0.3) is 11.4 Å². The molecule has 0 spiro atoms. The van der Waals surface area contributed by atoms with Crippen LogP contribution in [0.2, 0.25) is 0 Å². The van der Waals surface area contributed by atoms with Gasteiger partial charge in [0.15, 0.2) is 11.6 Å². The van der Waals surface area contributed by atoms with E-state index in [-0.39, 0.29) is 12.4 Å². The lowest BCUT2D eigenvalue weighted by molar-refractivity contribution is 0.278. The van der Waals surface area contributed by atoms with Crippen LogP contribution in [0.15, 0.2) is 59.8 Å². The number of halogens is 1. The standard InChI is InChI=1S/C26H22FN3O3S/c1-15-23-21(18(13-31)12-28-15)11-22-25(33-23)29-24(17-6-4-7-19(27)10-17)30-26(22)34-14-16-5-3-8-20(9-16)32-2/h3-10,12,31H,11,13-14H2,1-2H3. The third kappa shape index (κ3) is 4.34. The summed E-state index contributed by atoms with van der Waals surface area (Å²) in [7, 11) is 1.64. The van der Waals surface area contributed by atoms with E-state index in [1.165, 1.54) is 12.1 Å². The lowest BCUT2D eigenvalue weighted by Crippen LogP contribution is -2.13. The number of ether oxygens (including phenoxy) is 2. The molecule has 34 heavy (non-hydrogen) atoms. The molecule has 4 aromatic rings. The van der Waals surface area contributed by atoms with Crippen molar-refractivity contribution in [1.82, 2.24) is 15.0 Å². The second-order valence-corrected chi connectivity index (χ2v) is 8.86. The lowest BCUT2D eigenvalue weighted by atomic mass is 9.99. The molecule has 0 aliphatic carbocycles. The van der Waals surface area contributed by atoms with Gasteiger partial charge in [0, 0.05) is 35.1 Å². The monoisotopic (exact) mass is 475 g/mol. The van der Waals surface area contributed by atoms with Crippen molar-refractivity contribution < 1.29 is 19.0 Å². The van der Waals surface area contributed by atoms with Gasteiger partial charge in [0.25, 0.3) is 0 Å². The number of nitrogens with zero attached hydrogens (tertiary/aromatic N) is 3. The predicted molar refractivity (Wildman–Crippen MR) is 128 cm³/mol. The number of methoxy groups -OCH3 is 1. The van der Waals surface area contributed by atoms with Crippen molar-refractivity contribution in [3.8, 4) is 28.8 Å². The molecule has 8 heteroatoms. The van der Waals surface area contributed by atoms with E-state index in [1.807, 2.05) is 31.2 Å². The van der Waals surface area contributed by atoms with Gasteiger partial charge in [-0.15, -0.1) is 11.8 Å². The van der Waals surface area contributed by atoms with Crippen LogP contribution >= 0.6 is 11.8 Å². The maximum atomic E-state index is 13.9. The number of aryl methyl sites for hydroxylation is 1. The Bertz CT molecular complexity index is 1380. The molecule has 1 aliphatic heterocycles. The highest BCUT2D eigenvalue weighted by atomic mass is 32.2. The first kappa shape index (κ1) is 22.3. The second-order valence-electron chi connectivity index (χ2n) is 7.90. The minimum absolute atomic E-state index is 0.136. The number of aliphatic hydroxyl groups is 1. The summed E-state index contributed by atoms with van der Waals surface area (Å²) in [4.78, 5) is 13.8. The summed E-state index contributed by atoms with van der Waals surface area (Å²) in [5.74, 6) is 2.50. The van der Waals surface area contributed by atoms with E-state index in [0.29, 0.717) is 46.4 Å². The summed E-state index contributed by atoms with van der Waals surface area (Å²) in [5, 5.41) is 10.6. The van der Waals surface area contributed by atoms with Gasteiger partial charge >= 0.3 is 0 Å². The fraction of sp³-hybridized carbons (Fsp3) is 0.192. The molecule has 0 radical (unpaired) electrons. The summed E-state index contributed by atoms with van der Waals surface area (Å²) in [5.41, 5.74) is 4.80. The van der Waals surface area contributed by atoms with Crippen molar-refractivity contribution in [3.05, 3.63) is 88.5 Å². The van der Waals surface area contributed by atoms with Gasteiger partial charge in [0.2, 0.25) is 5.88 Å². The molecule has 172 valence electrons. The summed E-state index contributed by atoms with van der Waals surface area (Å²) in [6.45, 7) is 1.72. The minimum Gasteiger partial charge on any atom is -0.497 e. The highest BCUT2D eigenvalue weighted by Gasteiger charge is 2.27. The molecule has 0 saturated heterocycles. The molecule has 1 N–H and O–H groups in total. The Morgan fingerprint density at radius 1 is 1.12 bits per heavy atom. The number of benzene rings is 2. The van der Waals surface area contributed by atoms with E-state index in [2.05, 4.69) is 9.97 Å². The van der Waals surface area contributed by atoms with Gasteiger partial charge in [-0.2, -0.15) is 4.98 Å². The van der Waals surface area contributed by atoms with Crippen molar-refractivity contribution >= 4 is 11.8 Å². The van der Waals surface area contributed by atoms with Crippen LogP contribution in [0.3, 0.4) is 0 Å². The van der Waals surface area contributed by atoms with Crippen LogP contribution in [0.1, 0.15) is 27.9 Å². The maximum absolute atomic E-state index is 13.9. The molecule has 0 amide bonds. The Morgan fingerprint density at radius 3 is 2.76 bits per heavy atom. The molecule has 2 aromatic heterocycles. The Balaban J connectivity index is 1.58. The minimum atomic E-state index is -0.358. The highest BCUT2D eigenvalue weighted by molar-refractivity contribution is 7.98. The van der Waals surface area contributed by atoms with E-state index in [9.17, 15) is 9.50 Å². The van der Waals surface area contributed by atoms with Crippen molar-refractivity contribution in [2.75, 3.05) is 7.11 Å². The number of pyridine rings is 1. The predicted octanol–water partition coefficient (Wildman–Crippen LogP) is 5.48. The molecular formula is C26H22FN3O3S. The molecule has 0 saturated carbocycles. The van der Waals surface area contributed by atoms with Gasteiger partial charge in [0.05, 0.1) is 25.0 Å². The SMILES string of the molecule is COc1cccc(CSc2nc(-c3cccc(F)c3)nc3c2Cc2c(CO)cnc(C)c2O3)c1. The fourth-order valence-corrected chi connectivity index (χ4v) is 4.85. The van der Waals surface area contributed by atoms with Crippen molar-refractivity contribution in [2.45, 2.75) is 30.7 Å². The number of rotatable bonds is 6. The van der Waals surface area contributed by atoms with Crippen LogP contribution in [0, 0.1) is 12.7 Å². The molecular weight excluding hydrogens is 453 g/mol. The number of hydrogen-bond acceptors (Lipinski definition) is 7. The number of thioether (sulfide) groups is 1. The van der Waals surface area contributed by atoms with E-state index in [1.54, 1.807) is 37.2 Å². The van der Waals surface area contributed by atoms with Gasteiger partial charge in [-0.05, 0) is 36.8 Å². The summed E-state index contributed by atoms with van der Waals surface area (Å²) in [6, 6.07) is 14.1. The smallest absolute Gasteiger partial charge is 0.227 e. The molecule has 0 bridgehead atoms. The first-order valence-electron chi connectivity index (χ1n) is 10.7. The zero-order valence-corrected chi connectivity index (χ0v) is 19.5. The Morgan fingerprint density at radius 2 is 1.97 bits per heavy atom. The Hall–Kier alpha value is -3.49. The Kier molecular flexibility index (Phi) is 6.17.